The van der Waals surface area contributed by atoms with Gasteiger partial charge < -0.3 is 10.2 Å². The molecule has 0 spiro atoms. The Balaban J connectivity index is 1.55. The molecular formula is C18H26ClN3O. The van der Waals surface area contributed by atoms with Gasteiger partial charge in [-0.1, -0.05) is 17.7 Å². The molecule has 2 fully saturated rings. The number of carbonyl (C=O) groups is 1. The van der Waals surface area contributed by atoms with Gasteiger partial charge in [0.2, 0.25) is 5.91 Å². The van der Waals surface area contributed by atoms with Gasteiger partial charge in [0.25, 0.3) is 0 Å². The van der Waals surface area contributed by atoms with Crippen LogP contribution in [-0.2, 0) is 4.79 Å². The van der Waals surface area contributed by atoms with Crippen LogP contribution in [0.5, 0.6) is 0 Å². The van der Waals surface area contributed by atoms with Crippen molar-refractivity contribution in [3.8, 4) is 0 Å². The molecule has 0 aliphatic carbocycles. The van der Waals surface area contributed by atoms with E-state index in [1.54, 1.807) is 0 Å². The maximum Gasteiger partial charge on any atom is 0.238 e. The topological polar surface area (TPSA) is 35.6 Å². The lowest BCUT2D eigenvalue weighted by molar-refractivity contribution is -0.118. The van der Waals surface area contributed by atoms with Crippen LogP contribution in [0.1, 0.15) is 24.8 Å². The van der Waals surface area contributed by atoms with Gasteiger partial charge in [0.15, 0.2) is 0 Å². The summed E-state index contributed by atoms with van der Waals surface area (Å²) in [6, 6.07) is 6.32. The number of anilines is 1. The summed E-state index contributed by atoms with van der Waals surface area (Å²) < 4.78 is 0. The summed E-state index contributed by atoms with van der Waals surface area (Å²) in [5.41, 5.74) is 1.74. The molecule has 2 aliphatic rings. The van der Waals surface area contributed by atoms with E-state index in [0.717, 1.165) is 24.3 Å². The lowest BCUT2D eigenvalue weighted by atomic mass is 9.84. The first-order valence-corrected chi connectivity index (χ1v) is 8.90. The van der Waals surface area contributed by atoms with Crippen molar-refractivity contribution < 1.29 is 4.79 Å². The number of hydrogen-bond donors (Lipinski definition) is 1. The van der Waals surface area contributed by atoms with Crippen LogP contribution in [0.4, 0.5) is 5.69 Å². The molecule has 4 nitrogen and oxygen atoms in total. The van der Waals surface area contributed by atoms with Crippen molar-refractivity contribution >= 4 is 23.2 Å². The summed E-state index contributed by atoms with van der Waals surface area (Å²) in [6.45, 7) is 5.67. The Kier molecular flexibility index (Phi) is 5.24. The van der Waals surface area contributed by atoms with Crippen LogP contribution in [-0.4, -0.2) is 55.0 Å². The molecule has 3 rings (SSSR count). The minimum Gasteiger partial charge on any atom is -0.325 e. The molecule has 0 bridgehead atoms. The Morgan fingerprint density at radius 1 is 1.35 bits per heavy atom. The maximum atomic E-state index is 12.4. The lowest BCUT2D eigenvalue weighted by Crippen LogP contribution is -2.53. The van der Waals surface area contributed by atoms with Crippen molar-refractivity contribution in [2.24, 2.45) is 5.92 Å². The van der Waals surface area contributed by atoms with E-state index in [1.807, 2.05) is 25.1 Å². The summed E-state index contributed by atoms with van der Waals surface area (Å²) >= 11 is 6.11. The number of piperidine rings is 2. The molecule has 0 aromatic heterocycles. The number of rotatable bonds is 3. The second-order valence-corrected chi connectivity index (χ2v) is 7.34. The van der Waals surface area contributed by atoms with E-state index in [9.17, 15) is 4.79 Å². The maximum absolute atomic E-state index is 12.4. The Hall–Kier alpha value is -1.10. The summed E-state index contributed by atoms with van der Waals surface area (Å²) in [6.07, 6.45) is 3.74. The molecule has 1 N–H and O–H groups in total. The van der Waals surface area contributed by atoms with Crippen LogP contribution in [0.15, 0.2) is 18.2 Å². The Morgan fingerprint density at radius 2 is 2.17 bits per heavy atom. The van der Waals surface area contributed by atoms with E-state index in [4.69, 9.17) is 11.6 Å². The lowest BCUT2D eigenvalue weighted by Gasteiger charge is -2.45. The number of likely N-dealkylation sites (tertiary alicyclic amines) is 2. The van der Waals surface area contributed by atoms with Crippen molar-refractivity contribution in [3.63, 3.8) is 0 Å². The highest BCUT2D eigenvalue weighted by molar-refractivity contribution is 6.31. The quantitative estimate of drug-likeness (QED) is 0.922. The summed E-state index contributed by atoms with van der Waals surface area (Å²) in [5, 5.41) is 3.69. The molecule has 2 atom stereocenters. The van der Waals surface area contributed by atoms with Gasteiger partial charge in [-0.2, -0.15) is 0 Å². The van der Waals surface area contributed by atoms with Gasteiger partial charge in [-0.25, -0.2) is 0 Å². The molecule has 2 saturated heterocycles. The smallest absolute Gasteiger partial charge is 0.238 e. The number of benzene rings is 1. The fourth-order valence-electron chi connectivity index (χ4n) is 4.01. The van der Waals surface area contributed by atoms with E-state index >= 15 is 0 Å². The number of fused-ring (bicyclic) bond motifs is 1. The predicted octanol–water partition coefficient (Wildman–Crippen LogP) is 3.00. The first-order chi connectivity index (χ1) is 11.0. The monoisotopic (exact) mass is 335 g/mol. The first kappa shape index (κ1) is 16.7. The Labute approximate surface area is 143 Å². The van der Waals surface area contributed by atoms with Crippen LogP contribution in [0, 0.1) is 12.8 Å². The molecule has 23 heavy (non-hydrogen) atoms. The zero-order valence-electron chi connectivity index (χ0n) is 14.0. The molecule has 0 radical (unpaired) electrons. The minimum absolute atomic E-state index is 0.0537. The van der Waals surface area contributed by atoms with Gasteiger partial charge in [0.05, 0.1) is 6.54 Å². The summed E-state index contributed by atoms with van der Waals surface area (Å²) in [4.78, 5) is 17.2. The Morgan fingerprint density at radius 3 is 3.00 bits per heavy atom. The van der Waals surface area contributed by atoms with Crippen LogP contribution < -0.4 is 5.32 Å². The normalized spacial score (nSPS) is 25.9. The van der Waals surface area contributed by atoms with Gasteiger partial charge >= 0.3 is 0 Å². The zero-order chi connectivity index (χ0) is 16.4. The fraction of sp³-hybridized carbons (Fsp3) is 0.611. The first-order valence-electron chi connectivity index (χ1n) is 8.52. The molecule has 1 aromatic rings. The van der Waals surface area contributed by atoms with Crippen molar-refractivity contribution in [1.29, 1.82) is 0 Å². The molecule has 2 heterocycles. The van der Waals surface area contributed by atoms with Gasteiger partial charge in [-0.3, -0.25) is 9.69 Å². The van der Waals surface area contributed by atoms with Gasteiger partial charge in [-0.15, -0.1) is 0 Å². The third-order valence-electron chi connectivity index (χ3n) is 5.34. The summed E-state index contributed by atoms with van der Waals surface area (Å²) in [5.74, 6) is 0.765. The fourth-order valence-corrected chi connectivity index (χ4v) is 4.18. The van der Waals surface area contributed by atoms with Crippen molar-refractivity contribution in [2.45, 2.75) is 32.2 Å². The highest BCUT2D eigenvalue weighted by Gasteiger charge is 2.34. The molecular weight excluding hydrogens is 310 g/mol. The van der Waals surface area contributed by atoms with Crippen molar-refractivity contribution in [3.05, 3.63) is 28.8 Å². The molecule has 2 aliphatic heterocycles. The van der Waals surface area contributed by atoms with E-state index in [0.29, 0.717) is 23.5 Å². The summed E-state index contributed by atoms with van der Waals surface area (Å²) in [7, 11) is 2.24. The molecule has 1 aromatic carbocycles. The van der Waals surface area contributed by atoms with E-state index in [2.05, 4.69) is 22.2 Å². The second kappa shape index (κ2) is 7.20. The van der Waals surface area contributed by atoms with E-state index in [1.165, 1.54) is 25.8 Å². The van der Waals surface area contributed by atoms with Crippen LogP contribution >= 0.6 is 11.6 Å². The predicted molar refractivity (Wildman–Crippen MR) is 95.0 cm³/mol. The average molecular weight is 336 g/mol. The number of halogens is 1. The number of nitrogens with one attached hydrogen (secondary N) is 1. The largest absolute Gasteiger partial charge is 0.325 e. The molecule has 5 heteroatoms. The van der Waals surface area contributed by atoms with E-state index < -0.39 is 0 Å². The highest BCUT2D eigenvalue weighted by Crippen LogP contribution is 2.29. The van der Waals surface area contributed by atoms with Crippen LogP contribution in [0.3, 0.4) is 0 Å². The Bertz CT molecular complexity index is 577. The minimum atomic E-state index is 0.0537. The molecule has 0 saturated carbocycles. The van der Waals surface area contributed by atoms with E-state index in [-0.39, 0.29) is 5.91 Å². The van der Waals surface area contributed by atoms with Crippen LogP contribution in [0.2, 0.25) is 5.02 Å². The number of hydrogen-bond acceptors (Lipinski definition) is 3. The third-order valence-corrected chi connectivity index (χ3v) is 5.75. The van der Waals surface area contributed by atoms with Gasteiger partial charge in [0.1, 0.15) is 0 Å². The number of carbonyl (C=O) groups excluding carboxylic acids is 1. The number of amides is 1. The van der Waals surface area contributed by atoms with Gasteiger partial charge in [-0.05, 0) is 63.4 Å². The van der Waals surface area contributed by atoms with Crippen LogP contribution in [0.25, 0.3) is 0 Å². The SMILES string of the molecule is Cc1c(Cl)cccc1NC(=O)CN1CC[C@H]2[C@H](CCCN2C)C1. The van der Waals surface area contributed by atoms with Crippen molar-refractivity contribution in [1.82, 2.24) is 9.80 Å². The average Bonchev–Trinajstić information content (AvgIpc) is 2.52. The second-order valence-electron chi connectivity index (χ2n) is 6.93. The highest BCUT2D eigenvalue weighted by atomic mass is 35.5. The number of nitrogens with zero attached hydrogens (tertiary/aromatic N) is 2. The molecule has 0 unspecified atom stereocenters. The third kappa shape index (κ3) is 3.87. The molecule has 1 amide bonds. The zero-order valence-corrected chi connectivity index (χ0v) is 14.8. The van der Waals surface area contributed by atoms with Crippen molar-refractivity contribution in [2.75, 3.05) is 38.5 Å². The molecule has 126 valence electrons. The standard InChI is InChI=1S/C18H26ClN3O/c1-13-15(19)6-3-7-16(13)20-18(23)12-22-10-8-17-14(11-22)5-4-9-21(17)2/h3,6-7,14,17H,4-5,8-12H2,1-2H3,(H,20,23)/t14-,17+/m1/s1. The van der Waals surface area contributed by atoms with Gasteiger partial charge in [0, 0.05) is 29.8 Å².